The van der Waals surface area contributed by atoms with E-state index in [1.165, 1.54) is 23.5 Å². The van der Waals surface area contributed by atoms with Crippen molar-refractivity contribution in [3.8, 4) is 0 Å². The highest BCUT2D eigenvalue weighted by atomic mass is 35.5. The van der Waals surface area contributed by atoms with Crippen molar-refractivity contribution in [1.29, 1.82) is 0 Å². The second kappa shape index (κ2) is 8.85. The van der Waals surface area contributed by atoms with E-state index in [0.717, 1.165) is 6.42 Å². The average Bonchev–Trinajstić information content (AvgIpc) is 3.31. The minimum absolute atomic E-state index is 0.0135. The third kappa shape index (κ3) is 5.40. The predicted molar refractivity (Wildman–Crippen MR) is 110 cm³/mol. The number of nitrogens with zero attached hydrogens (tertiary/aromatic N) is 1. The Labute approximate surface area is 171 Å². The van der Waals surface area contributed by atoms with Gasteiger partial charge in [0.2, 0.25) is 5.91 Å². The van der Waals surface area contributed by atoms with Crippen LogP contribution in [0.1, 0.15) is 35.4 Å². The van der Waals surface area contributed by atoms with Crippen LogP contribution in [-0.4, -0.2) is 32.5 Å². The van der Waals surface area contributed by atoms with Crippen molar-refractivity contribution in [2.24, 2.45) is 4.99 Å². The SMILES string of the molecule is O=C(CCC(=O)c1ccc(Cl)s1)Nc1cccc(S(=O)(=O)NC2=NCCC2)c1. The molecule has 1 aromatic heterocycles. The third-order valence-corrected chi connectivity index (χ3v) is 6.63. The molecule has 10 heteroatoms. The zero-order chi connectivity index (χ0) is 20.1. The molecule has 1 aliphatic heterocycles. The highest BCUT2D eigenvalue weighted by Gasteiger charge is 2.19. The summed E-state index contributed by atoms with van der Waals surface area (Å²) >= 11 is 6.97. The van der Waals surface area contributed by atoms with Gasteiger partial charge >= 0.3 is 0 Å². The van der Waals surface area contributed by atoms with Crippen LogP contribution in [-0.2, 0) is 14.8 Å². The zero-order valence-corrected chi connectivity index (χ0v) is 17.2. The van der Waals surface area contributed by atoms with Crippen LogP contribution in [0, 0.1) is 0 Å². The van der Waals surface area contributed by atoms with Crippen molar-refractivity contribution in [3.63, 3.8) is 0 Å². The number of hydrogen-bond acceptors (Lipinski definition) is 6. The molecule has 0 saturated carbocycles. The monoisotopic (exact) mass is 439 g/mol. The maximum atomic E-state index is 12.4. The molecule has 0 bridgehead atoms. The number of hydrogen-bond donors (Lipinski definition) is 2. The molecule has 1 aromatic carbocycles. The molecule has 28 heavy (non-hydrogen) atoms. The number of carbonyl (C=O) groups is 2. The Balaban J connectivity index is 1.59. The first kappa shape index (κ1) is 20.5. The lowest BCUT2D eigenvalue weighted by molar-refractivity contribution is -0.116. The molecule has 3 rings (SSSR count). The van der Waals surface area contributed by atoms with Crippen LogP contribution < -0.4 is 10.0 Å². The van der Waals surface area contributed by atoms with Gasteiger partial charge in [0.15, 0.2) is 5.78 Å². The van der Waals surface area contributed by atoms with Crippen LogP contribution in [0.15, 0.2) is 46.3 Å². The summed E-state index contributed by atoms with van der Waals surface area (Å²) in [5.41, 5.74) is 0.341. The van der Waals surface area contributed by atoms with Gasteiger partial charge in [0, 0.05) is 31.5 Å². The summed E-state index contributed by atoms with van der Waals surface area (Å²) in [4.78, 5) is 28.8. The van der Waals surface area contributed by atoms with Crippen LogP contribution in [0.2, 0.25) is 4.34 Å². The first-order valence-corrected chi connectivity index (χ1v) is 11.3. The number of halogens is 1. The van der Waals surface area contributed by atoms with E-state index in [-0.39, 0.29) is 29.4 Å². The molecule has 1 aliphatic rings. The number of amidine groups is 1. The normalized spacial score (nSPS) is 13.8. The van der Waals surface area contributed by atoms with Gasteiger partial charge in [-0.3, -0.25) is 19.3 Å². The van der Waals surface area contributed by atoms with E-state index in [1.54, 1.807) is 24.3 Å². The average molecular weight is 440 g/mol. The van der Waals surface area contributed by atoms with E-state index in [9.17, 15) is 18.0 Å². The Morgan fingerprint density at radius 3 is 2.68 bits per heavy atom. The van der Waals surface area contributed by atoms with Gasteiger partial charge in [0.05, 0.1) is 14.1 Å². The largest absolute Gasteiger partial charge is 0.326 e. The highest BCUT2D eigenvalue weighted by Crippen LogP contribution is 2.23. The lowest BCUT2D eigenvalue weighted by Crippen LogP contribution is -2.29. The molecule has 0 fully saturated rings. The van der Waals surface area contributed by atoms with Gasteiger partial charge in [-0.15, -0.1) is 11.3 Å². The van der Waals surface area contributed by atoms with E-state index in [0.29, 0.717) is 33.7 Å². The van der Waals surface area contributed by atoms with E-state index in [1.807, 2.05) is 0 Å². The Morgan fingerprint density at radius 2 is 2.00 bits per heavy atom. The fourth-order valence-corrected chi connectivity index (χ4v) is 4.76. The summed E-state index contributed by atoms with van der Waals surface area (Å²) in [5, 5.41) is 2.62. The van der Waals surface area contributed by atoms with E-state index in [4.69, 9.17) is 11.6 Å². The lowest BCUT2D eigenvalue weighted by atomic mass is 10.2. The summed E-state index contributed by atoms with van der Waals surface area (Å²) in [7, 11) is -3.76. The molecule has 0 aliphatic carbocycles. The number of benzene rings is 1. The Hall–Kier alpha value is -2.23. The van der Waals surface area contributed by atoms with Crippen LogP contribution in [0.3, 0.4) is 0 Å². The number of Topliss-reactive ketones (excluding diaryl/α,β-unsaturated/α-hetero) is 1. The number of thiophene rings is 1. The lowest BCUT2D eigenvalue weighted by Gasteiger charge is -2.10. The van der Waals surface area contributed by atoms with E-state index < -0.39 is 10.0 Å². The van der Waals surface area contributed by atoms with Crippen molar-refractivity contribution in [3.05, 3.63) is 45.6 Å². The maximum absolute atomic E-state index is 12.4. The van der Waals surface area contributed by atoms with Crippen molar-refractivity contribution < 1.29 is 18.0 Å². The molecule has 2 N–H and O–H groups in total. The van der Waals surface area contributed by atoms with Crippen LogP contribution in [0.4, 0.5) is 5.69 Å². The van der Waals surface area contributed by atoms with Crippen LogP contribution >= 0.6 is 22.9 Å². The summed E-state index contributed by atoms with van der Waals surface area (Å²) in [6, 6.07) is 9.21. The van der Waals surface area contributed by atoms with Crippen molar-refractivity contribution >= 4 is 56.2 Å². The van der Waals surface area contributed by atoms with Gasteiger partial charge in [0.1, 0.15) is 5.84 Å². The molecule has 0 radical (unpaired) electrons. The van der Waals surface area contributed by atoms with E-state index in [2.05, 4.69) is 15.0 Å². The molecule has 0 unspecified atom stereocenters. The second-order valence-corrected chi connectivity index (χ2v) is 9.54. The molecule has 0 saturated heterocycles. The minimum Gasteiger partial charge on any atom is -0.326 e. The number of ketones is 1. The van der Waals surface area contributed by atoms with E-state index >= 15 is 0 Å². The highest BCUT2D eigenvalue weighted by molar-refractivity contribution is 7.90. The van der Waals surface area contributed by atoms with Gasteiger partial charge in [-0.25, -0.2) is 8.42 Å². The molecule has 148 valence electrons. The van der Waals surface area contributed by atoms with Crippen molar-refractivity contribution in [2.45, 2.75) is 30.6 Å². The molecule has 7 nitrogen and oxygen atoms in total. The Morgan fingerprint density at radius 1 is 1.18 bits per heavy atom. The van der Waals surface area contributed by atoms with Gasteiger partial charge in [-0.1, -0.05) is 17.7 Å². The maximum Gasteiger partial charge on any atom is 0.262 e. The van der Waals surface area contributed by atoms with Crippen molar-refractivity contribution in [1.82, 2.24) is 4.72 Å². The quantitative estimate of drug-likeness (QED) is 0.644. The van der Waals surface area contributed by atoms with Gasteiger partial charge < -0.3 is 5.32 Å². The zero-order valence-electron chi connectivity index (χ0n) is 14.8. The molecule has 2 aromatic rings. The summed E-state index contributed by atoms with van der Waals surface area (Å²) in [6.07, 6.45) is 1.45. The number of aliphatic imine (C=N–C) groups is 1. The predicted octanol–water partition coefficient (Wildman–Crippen LogP) is 3.47. The second-order valence-electron chi connectivity index (χ2n) is 6.14. The molecule has 2 heterocycles. The molecule has 1 amide bonds. The number of sulfonamides is 1. The number of rotatable bonds is 7. The molecule has 0 atom stereocenters. The minimum atomic E-state index is -3.76. The number of nitrogens with one attached hydrogen (secondary N) is 2. The summed E-state index contributed by atoms with van der Waals surface area (Å²) < 4.78 is 27.9. The molecule has 0 spiro atoms. The van der Waals surface area contributed by atoms with Crippen LogP contribution in [0.5, 0.6) is 0 Å². The standard InChI is InChI=1S/C18H18ClN3O4S2/c19-16-8-7-15(27-16)14(23)6-9-18(24)21-12-3-1-4-13(11-12)28(25,26)22-17-5-2-10-20-17/h1,3-4,7-8,11H,2,5-6,9-10H2,(H,20,22)(H,21,24). The number of anilines is 1. The topological polar surface area (TPSA) is 105 Å². The third-order valence-electron chi connectivity index (χ3n) is 3.98. The number of carbonyl (C=O) groups excluding carboxylic acids is 2. The van der Waals surface area contributed by atoms with Gasteiger partial charge in [-0.2, -0.15) is 0 Å². The fourth-order valence-electron chi connectivity index (χ4n) is 2.62. The fraction of sp³-hybridized carbons (Fsp3) is 0.278. The first-order valence-electron chi connectivity index (χ1n) is 8.58. The van der Waals surface area contributed by atoms with Gasteiger partial charge in [0.25, 0.3) is 10.0 Å². The Bertz CT molecular complexity index is 1030. The molecular formula is C18H18ClN3O4S2. The van der Waals surface area contributed by atoms with Crippen LogP contribution in [0.25, 0.3) is 0 Å². The van der Waals surface area contributed by atoms with Crippen molar-refractivity contribution in [2.75, 3.05) is 11.9 Å². The summed E-state index contributed by atoms with van der Waals surface area (Å²) in [6.45, 7) is 0.615. The number of amides is 1. The first-order chi connectivity index (χ1) is 13.3. The molecular weight excluding hydrogens is 422 g/mol. The summed E-state index contributed by atoms with van der Waals surface area (Å²) in [5.74, 6) is -0.0924. The Kier molecular flexibility index (Phi) is 6.48. The smallest absolute Gasteiger partial charge is 0.262 e. The van der Waals surface area contributed by atoms with Gasteiger partial charge in [-0.05, 0) is 36.8 Å².